The van der Waals surface area contributed by atoms with Crippen LogP contribution in [0.3, 0.4) is 0 Å². The third-order valence-corrected chi connectivity index (χ3v) is 3.88. The lowest BCUT2D eigenvalue weighted by molar-refractivity contribution is 0.438. The van der Waals surface area contributed by atoms with Gasteiger partial charge in [0.2, 0.25) is 0 Å². The van der Waals surface area contributed by atoms with E-state index in [-0.39, 0.29) is 5.38 Å². The van der Waals surface area contributed by atoms with Gasteiger partial charge in [0.1, 0.15) is 5.82 Å². The van der Waals surface area contributed by atoms with E-state index >= 15 is 0 Å². The minimum absolute atomic E-state index is 0.232. The lowest BCUT2D eigenvalue weighted by Crippen LogP contribution is -2.27. The Kier molecular flexibility index (Phi) is 2.86. The van der Waals surface area contributed by atoms with E-state index < -0.39 is 0 Å². The molecule has 1 saturated heterocycles. The largest absolute Gasteiger partial charge is 0.317 e. The Labute approximate surface area is 100 Å². The fraction of sp³-hybridized carbons (Fsp3) is 0.818. The molecule has 5 heteroatoms. The van der Waals surface area contributed by atoms with Crippen LogP contribution in [0.25, 0.3) is 0 Å². The van der Waals surface area contributed by atoms with Crippen molar-refractivity contribution in [1.82, 2.24) is 20.1 Å². The van der Waals surface area contributed by atoms with Crippen LogP contribution in [0, 0.1) is 0 Å². The van der Waals surface area contributed by atoms with Gasteiger partial charge in [0.15, 0.2) is 5.82 Å². The molecule has 88 valence electrons. The second-order valence-electron chi connectivity index (χ2n) is 4.73. The van der Waals surface area contributed by atoms with E-state index in [4.69, 9.17) is 11.6 Å². The first-order chi connectivity index (χ1) is 7.83. The van der Waals surface area contributed by atoms with E-state index in [1.807, 2.05) is 4.68 Å². The van der Waals surface area contributed by atoms with Crippen LogP contribution in [-0.4, -0.2) is 33.2 Å². The predicted octanol–water partition coefficient (Wildman–Crippen LogP) is 1.30. The van der Waals surface area contributed by atoms with E-state index in [0.29, 0.717) is 5.92 Å². The molecule has 0 aliphatic carbocycles. The molecule has 1 fully saturated rings. The Morgan fingerprint density at radius 2 is 2.06 bits per heavy atom. The maximum absolute atomic E-state index is 6.14. The Morgan fingerprint density at radius 1 is 1.25 bits per heavy atom. The summed E-state index contributed by atoms with van der Waals surface area (Å²) in [6.07, 6.45) is 4.33. The second kappa shape index (κ2) is 4.34. The molecule has 0 saturated carbocycles. The van der Waals surface area contributed by atoms with Crippen LogP contribution >= 0.6 is 11.6 Å². The Bertz CT molecular complexity index is 370. The molecule has 0 spiro atoms. The van der Waals surface area contributed by atoms with Crippen molar-refractivity contribution >= 4 is 11.6 Å². The van der Waals surface area contributed by atoms with Crippen LogP contribution in [0.1, 0.15) is 36.8 Å². The van der Waals surface area contributed by atoms with Gasteiger partial charge in [0.25, 0.3) is 0 Å². The maximum atomic E-state index is 6.14. The number of hydrogen-bond donors (Lipinski definition) is 1. The van der Waals surface area contributed by atoms with Crippen LogP contribution in [0.5, 0.6) is 0 Å². The number of nitrogens with one attached hydrogen (secondary N) is 1. The fourth-order valence-electron chi connectivity index (χ4n) is 2.54. The molecule has 1 aromatic heterocycles. The summed E-state index contributed by atoms with van der Waals surface area (Å²) >= 11 is 6.14. The van der Waals surface area contributed by atoms with Crippen molar-refractivity contribution in [2.45, 2.75) is 43.5 Å². The van der Waals surface area contributed by atoms with Gasteiger partial charge in [-0.25, -0.2) is 9.67 Å². The highest BCUT2D eigenvalue weighted by Gasteiger charge is 2.24. The van der Waals surface area contributed by atoms with Gasteiger partial charge in [-0.3, -0.25) is 0 Å². The first-order valence-corrected chi connectivity index (χ1v) is 6.55. The quantitative estimate of drug-likeness (QED) is 0.753. The van der Waals surface area contributed by atoms with Crippen molar-refractivity contribution in [3.8, 4) is 0 Å². The van der Waals surface area contributed by atoms with Crippen molar-refractivity contribution in [2.75, 3.05) is 13.1 Å². The van der Waals surface area contributed by atoms with Crippen molar-refractivity contribution in [1.29, 1.82) is 0 Å². The summed E-state index contributed by atoms with van der Waals surface area (Å²) in [5, 5.41) is 8.22. The molecule has 1 N–H and O–H groups in total. The topological polar surface area (TPSA) is 42.7 Å². The Morgan fingerprint density at radius 3 is 2.88 bits per heavy atom. The average Bonchev–Trinajstić information content (AvgIpc) is 2.73. The first kappa shape index (κ1) is 10.5. The summed E-state index contributed by atoms with van der Waals surface area (Å²) < 4.78 is 2.01. The molecule has 0 amide bonds. The molecule has 3 heterocycles. The maximum Gasteiger partial charge on any atom is 0.154 e. The van der Waals surface area contributed by atoms with Gasteiger partial charge in [-0.15, -0.1) is 11.6 Å². The van der Waals surface area contributed by atoms with Gasteiger partial charge in [-0.05, 0) is 32.4 Å². The number of aryl methyl sites for hydroxylation is 1. The highest BCUT2D eigenvalue weighted by atomic mass is 35.5. The molecule has 1 atom stereocenters. The third kappa shape index (κ3) is 1.96. The molecule has 2 aliphatic heterocycles. The molecule has 4 nitrogen and oxygen atoms in total. The van der Waals surface area contributed by atoms with Crippen molar-refractivity contribution in [2.24, 2.45) is 0 Å². The van der Waals surface area contributed by atoms with E-state index in [1.54, 1.807) is 0 Å². The van der Waals surface area contributed by atoms with Crippen LogP contribution in [0.4, 0.5) is 0 Å². The van der Waals surface area contributed by atoms with Gasteiger partial charge >= 0.3 is 0 Å². The summed E-state index contributed by atoms with van der Waals surface area (Å²) in [6, 6.07) is 0. The number of rotatable bonds is 1. The monoisotopic (exact) mass is 240 g/mol. The highest BCUT2D eigenvalue weighted by Crippen LogP contribution is 2.25. The highest BCUT2D eigenvalue weighted by molar-refractivity contribution is 6.20. The average molecular weight is 241 g/mol. The normalized spacial score (nSPS) is 26.7. The number of fused-ring (bicyclic) bond motifs is 1. The number of piperidine rings is 1. The van der Waals surface area contributed by atoms with Gasteiger partial charge in [0, 0.05) is 12.3 Å². The van der Waals surface area contributed by atoms with E-state index in [1.165, 1.54) is 0 Å². The number of nitrogens with zero attached hydrogens (tertiary/aromatic N) is 3. The standard InChI is InChI=1S/C11H17ClN4/c12-9-1-2-10-14-11(15-16(10)7-9)8-3-5-13-6-4-8/h8-9,13H,1-7H2. The predicted molar refractivity (Wildman–Crippen MR) is 62.8 cm³/mol. The third-order valence-electron chi connectivity index (χ3n) is 3.52. The zero-order chi connectivity index (χ0) is 11.0. The fourth-order valence-corrected chi connectivity index (χ4v) is 2.78. The van der Waals surface area contributed by atoms with Gasteiger partial charge in [0.05, 0.1) is 11.9 Å². The Hall–Kier alpha value is -0.610. The molecule has 2 aliphatic rings. The first-order valence-electron chi connectivity index (χ1n) is 6.11. The van der Waals surface area contributed by atoms with Crippen molar-refractivity contribution in [3.63, 3.8) is 0 Å². The van der Waals surface area contributed by atoms with Crippen LogP contribution < -0.4 is 5.32 Å². The van der Waals surface area contributed by atoms with E-state index in [9.17, 15) is 0 Å². The molecule has 16 heavy (non-hydrogen) atoms. The molecular weight excluding hydrogens is 224 g/mol. The molecule has 0 radical (unpaired) electrons. The van der Waals surface area contributed by atoms with Gasteiger partial charge in [-0.1, -0.05) is 0 Å². The number of aromatic nitrogens is 3. The summed E-state index contributed by atoms with van der Waals surface area (Å²) in [7, 11) is 0. The van der Waals surface area contributed by atoms with Gasteiger partial charge in [-0.2, -0.15) is 5.10 Å². The van der Waals surface area contributed by atoms with E-state index in [0.717, 1.165) is 57.0 Å². The molecule has 1 aromatic rings. The van der Waals surface area contributed by atoms with Crippen LogP contribution in [0.15, 0.2) is 0 Å². The molecule has 1 unspecified atom stereocenters. The lowest BCUT2D eigenvalue weighted by atomic mass is 9.98. The Balaban J connectivity index is 1.80. The zero-order valence-corrected chi connectivity index (χ0v) is 10.1. The molecular formula is C11H17ClN4. The van der Waals surface area contributed by atoms with Crippen LogP contribution in [0.2, 0.25) is 0 Å². The molecule has 0 aromatic carbocycles. The zero-order valence-electron chi connectivity index (χ0n) is 9.32. The molecule has 0 bridgehead atoms. The van der Waals surface area contributed by atoms with Crippen molar-refractivity contribution < 1.29 is 0 Å². The second-order valence-corrected chi connectivity index (χ2v) is 5.35. The number of alkyl halides is 1. The summed E-state index contributed by atoms with van der Waals surface area (Å²) in [4.78, 5) is 4.67. The minimum Gasteiger partial charge on any atom is -0.317 e. The molecule has 3 rings (SSSR count). The summed E-state index contributed by atoms with van der Waals surface area (Å²) in [5.41, 5.74) is 0. The lowest BCUT2D eigenvalue weighted by Gasteiger charge is -2.19. The summed E-state index contributed by atoms with van der Waals surface area (Å²) in [5.74, 6) is 2.72. The summed E-state index contributed by atoms with van der Waals surface area (Å²) in [6.45, 7) is 3.01. The van der Waals surface area contributed by atoms with Gasteiger partial charge < -0.3 is 5.32 Å². The smallest absolute Gasteiger partial charge is 0.154 e. The number of hydrogen-bond acceptors (Lipinski definition) is 3. The van der Waals surface area contributed by atoms with Crippen molar-refractivity contribution in [3.05, 3.63) is 11.6 Å². The SMILES string of the molecule is ClC1CCc2nc(C3CCNCC3)nn2C1. The van der Waals surface area contributed by atoms with E-state index in [2.05, 4.69) is 15.4 Å². The number of halogens is 1. The minimum atomic E-state index is 0.232. The van der Waals surface area contributed by atoms with Crippen LogP contribution in [-0.2, 0) is 13.0 Å².